The van der Waals surface area contributed by atoms with E-state index in [9.17, 15) is 4.79 Å². The lowest BCUT2D eigenvalue weighted by Gasteiger charge is -2.34. The van der Waals surface area contributed by atoms with Gasteiger partial charge in [0.05, 0.1) is 23.1 Å². The fourth-order valence-electron chi connectivity index (χ4n) is 4.98. The van der Waals surface area contributed by atoms with Crippen LogP contribution in [0.1, 0.15) is 45.2 Å². The molecular weight excluding hydrogens is 591 g/mol. The number of ether oxygens (including phenoxy) is 3. The second kappa shape index (κ2) is 14.1. The van der Waals surface area contributed by atoms with E-state index in [4.69, 9.17) is 24.3 Å². The van der Waals surface area contributed by atoms with Crippen LogP contribution >= 0.6 is 0 Å². The number of aromatic amines is 1. The highest BCUT2D eigenvalue weighted by Crippen LogP contribution is 2.32. The predicted molar refractivity (Wildman–Crippen MR) is 181 cm³/mol. The van der Waals surface area contributed by atoms with Crippen molar-refractivity contribution in [3.63, 3.8) is 0 Å². The second-order valence-electron chi connectivity index (χ2n) is 15.3. The van der Waals surface area contributed by atoms with Crippen LogP contribution in [0.5, 0.6) is 0 Å². The Morgan fingerprint density at radius 1 is 1.07 bits per heavy atom. The molecule has 0 spiro atoms. The van der Waals surface area contributed by atoms with Crippen molar-refractivity contribution in [2.75, 3.05) is 44.7 Å². The van der Waals surface area contributed by atoms with E-state index in [2.05, 4.69) is 60.4 Å². The van der Waals surface area contributed by atoms with Crippen LogP contribution in [0.4, 0.5) is 10.6 Å². The minimum Gasteiger partial charge on any atom is -0.444 e. The summed E-state index contributed by atoms with van der Waals surface area (Å²) in [5.41, 5.74) is 2.81. The first-order valence-electron chi connectivity index (χ1n) is 15.9. The number of carbonyl (C=O) groups excluding carboxylic acids is 1. The second-order valence-corrected chi connectivity index (χ2v) is 26.5. The third-order valence-corrected chi connectivity index (χ3v) is 11.0. The van der Waals surface area contributed by atoms with Gasteiger partial charge in [-0.1, -0.05) is 39.3 Å². The van der Waals surface area contributed by atoms with Gasteiger partial charge in [0.15, 0.2) is 5.65 Å². The van der Waals surface area contributed by atoms with Gasteiger partial charge in [-0.15, -0.1) is 0 Å². The summed E-state index contributed by atoms with van der Waals surface area (Å²) in [6.07, 6.45) is 5.08. The zero-order valence-electron chi connectivity index (χ0n) is 28.3. The van der Waals surface area contributed by atoms with Crippen molar-refractivity contribution in [3.8, 4) is 11.3 Å². The topological polar surface area (TPSA) is 110 Å². The number of nitrogens with one attached hydrogen (secondary N) is 1. The predicted octanol–water partition coefficient (Wildman–Crippen LogP) is 6.66. The van der Waals surface area contributed by atoms with Gasteiger partial charge in [-0.2, -0.15) is 14.7 Å². The summed E-state index contributed by atoms with van der Waals surface area (Å²) in [6.45, 7) is 23.2. The van der Waals surface area contributed by atoms with Crippen molar-refractivity contribution in [1.82, 2.24) is 29.7 Å². The Balaban J connectivity index is 1.69. The molecule has 1 fully saturated rings. The Labute approximate surface area is 264 Å². The van der Waals surface area contributed by atoms with Crippen LogP contribution in [0.25, 0.3) is 16.9 Å². The molecule has 4 rings (SSSR count). The van der Waals surface area contributed by atoms with Crippen molar-refractivity contribution >= 4 is 33.7 Å². The number of amides is 1. The summed E-state index contributed by atoms with van der Waals surface area (Å²) < 4.78 is 20.1. The molecule has 0 saturated carbocycles. The number of anilines is 1. The van der Waals surface area contributed by atoms with Crippen LogP contribution in [0, 0.1) is 0 Å². The Kier molecular flexibility index (Phi) is 11.0. The number of hydrogen-bond donors (Lipinski definition) is 1. The van der Waals surface area contributed by atoms with E-state index in [1.54, 1.807) is 6.20 Å². The first-order valence-corrected chi connectivity index (χ1v) is 23.3. The van der Waals surface area contributed by atoms with Crippen LogP contribution in [0.15, 0.2) is 24.5 Å². The molecule has 0 aromatic carbocycles. The van der Waals surface area contributed by atoms with Gasteiger partial charge >= 0.3 is 6.09 Å². The molecule has 0 aliphatic carbocycles. The fourth-order valence-corrected chi connectivity index (χ4v) is 6.50. The number of fused-ring (bicyclic) bond motifs is 1. The van der Waals surface area contributed by atoms with Crippen LogP contribution in [-0.4, -0.2) is 97.3 Å². The van der Waals surface area contributed by atoms with Gasteiger partial charge in [0.2, 0.25) is 0 Å². The van der Waals surface area contributed by atoms with E-state index in [1.165, 1.54) is 0 Å². The molecule has 11 nitrogen and oxygen atoms in total. The summed E-state index contributed by atoms with van der Waals surface area (Å²) in [5.74, 6) is 0.901. The molecule has 244 valence electrons. The van der Waals surface area contributed by atoms with Gasteiger partial charge in [-0.05, 0) is 51.8 Å². The number of rotatable bonds is 13. The maximum atomic E-state index is 13.0. The molecule has 3 aromatic rings. The first kappa shape index (κ1) is 34.1. The smallest absolute Gasteiger partial charge is 0.410 e. The standard InChI is InChI=1S/C31H53N7O4Si2/c1-31(2,3)42-30(39)36-14-10-11-24(21-36)27-19-28(38-29(34-27)25(20-33-38)26-12-13-32-35-26)37(22-40-15-17-43(4,5)6)23-41-16-18-44(7,8)9/h12-13,19-20,24H,10-11,14-18,21-23H2,1-9H3,(H,32,35). The van der Waals surface area contributed by atoms with Crippen molar-refractivity contribution in [2.24, 2.45) is 0 Å². The van der Waals surface area contributed by atoms with Crippen LogP contribution in [0.2, 0.25) is 51.4 Å². The van der Waals surface area contributed by atoms with Gasteiger partial charge in [-0.25, -0.2) is 9.78 Å². The van der Waals surface area contributed by atoms with Crippen molar-refractivity contribution in [2.45, 2.75) is 96.5 Å². The maximum absolute atomic E-state index is 13.0. The SMILES string of the molecule is CC(C)(C)OC(=O)N1CCCC(c2cc(N(COCC[Si](C)(C)C)COCC[Si](C)(C)C)n3ncc(-c4ccn[nH]4)c3n2)C1. The Hall–Kier alpha value is -2.75. The molecule has 0 bridgehead atoms. The van der Waals surface area contributed by atoms with Crippen molar-refractivity contribution in [1.29, 1.82) is 0 Å². The number of nitrogens with zero attached hydrogens (tertiary/aromatic N) is 6. The van der Waals surface area contributed by atoms with Crippen LogP contribution in [0.3, 0.4) is 0 Å². The maximum Gasteiger partial charge on any atom is 0.410 e. The minimum absolute atomic E-state index is 0.0482. The summed E-state index contributed by atoms with van der Waals surface area (Å²) in [6, 6.07) is 6.20. The number of aromatic nitrogens is 5. The van der Waals surface area contributed by atoms with Gasteiger partial charge in [-0.3, -0.25) is 5.10 Å². The summed E-state index contributed by atoms with van der Waals surface area (Å²) in [5, 5.41) is 12.0. The normalized spacial score (nSPS) is 16.5. The van der Waals surface area contributed by atoms with Crippen LogP contribution < -0.4 is 4.90 Å². The third-order valence-electron chi connectivity index (χ3n) is 7.57. The molecule has 1 saturated heterocycles. The first-order chi connectivity index (χ1) is 20.6. The Morgan fingerprint density at radius 3 is 2.30 bits per heavy atom. The van der Waals surface area contributed by atoms with E-state index in [-0.39, 0.29) is 12.0 Å². The molecule has 1 atom stereocenters. The van der Waals surface area contributed by atoms with E-state index in [0.29, 0.717) is 39.8 Å². The minimum atomic E-state index is -1.24. The molecular formula is C31H53N7O4Si2. The van der Waals surface area contributed by atoms with Crippen LogP contribution in [-0.2, 0) is 14.2 Å². The Bertz CT molecular complexity index is 1340. The number of hydrogen-bond acceptors (Lipinski definition) is 8. The van der Waals surface area contributed by atoms with Gasteiger partial charge in [0.1, 0.15) is 24.9 Å². The highest BCUT2D eigenvalue weighted by Gasteiger charge is 2.30. The molecule has 44 heavy (non-hydrogen) atoms. The molecule has 0 radical (unpaired) electrons. The zero-order chi connectivity index (χ0) is 32.1. The molecule has 1 aliphatic heterocycles. The van der Waals surface area contributed by atoms with E-state index >= 15 is 0 Å². The van der Waals surface area contributed by atoms with Crippen molar-refractivity contribution < 1.29 is 19.0 Å². The lowest BCUT2D eigenvalue weighted by molar-refractivity contribution is 0.0197. The summed E-state index contributed by atoms with van der Waals surface area (Å²) in [7, 11) is -2.49. The van der Waals surface area contributed by atoms with E-state index in [0.717, 1.165) is 53.3 Å². The van der Waals surface area contributed by atoms with Gasteiger partial charge in [0, 0.05) is 60.6 Å². The number of carbonyl (C=O) groups is 1. The summed E-state index contributed by atoms with van der Waals surface area (Å²) >= 11 is 0. The van der Waals surface area contributed by atoms with Crippen molar-refractivity contribution in [3.05, 3.63) is 30.2 Å². The highest BCUT2D eigenvalue weighted by molar-refractivity contribution is 6.76. The number of likely N-dealkylation sites (tertiary alicyclic amines) is 1. The number of piperidine rings is 1. The monoisotopic (exact) mass is 643 g/mol. The average molecular weight is 644 g/mol. The highest BCUT2D eigenvalue weighted by atomic mass is 28.3. The number of H-pyrrole nitrogens is 1. The fraction of sp³-hybridized carbons (Fsp3) is 0.677. The molecule has 4 heterocycles. The molecule has 1 unspecified atom stereocenters. The lowest BCUT2D eigenvalue weighted by Crippen LogP contribution is -2.42. The molecule has 1 aliphatic rings. The average Bonchev–Trinajstić information content (AvgIpc) is 3.60. The van der Waals surface area contributed by atoms with E-state index < -0.39 is 21.7 Å². The zero-order valence-corrected chi connectivity index (χ0v) is 30.3. The molecule has 1 N–H and O–H groups in total. The molecule has 3 aromatic heterocycles. The van der Waals surface area contributed by atoms with Gasteiger partial charge < -0.3 is 24.0 Å². The lowest BCUT2D eigenvalue weighted by atomic mass is 9.94. The Morgan fingerprint density at radius 2 is 1.73 bits per heavy atom. The van der Waals surface area contributed by atoms with E-state index in [1.807, 2.05) is 42.4 Å². The largest absolute Gasteiger partial charge is 0.444 e. The van der Waals surface area contributed by atoms with Gasteiger partial charge in [0.25, 0.3) is 0 Å². The third kappa shape index (κ3) is 9.88. The summed E-state index contributed by atoms with van der Waals surface area (Å²) in [4.78, 5) is 22.1. The quantitative estimate of drug-likeness (QED) is 0.125. The molecule has 1 amide bonds. The molecule has 13 heteroatoms.